The lowest BCUT2D eigenvalue weighted by atomic mass is 10.2. The fraction of sp³-hybridized carbons (Fsp3) is 0. The van der Waals surface area contributed by atoms with E-state index in [9.17, 15) is 4.79 Å². The first-order chi connectivity index (χ1) is 8.00. The lowest BCUT2D eigenvalue weighted by Crippen LogP contribution is -2.00. The SMILES string of the molecule is Nc1sc(-c2cccc(Cl)c2Cl)nc1C(=O)O. The second-order valence-corrected chi connectivity index (χ2v) is 4.95. The molecule has 88 valence electrons. The highest BCUT2D eigenvalue weighted by molar-refractivity contribution is 7.19. The maximum atomic E-state index is 10.8. The number of benzene rings is 1. The molecule has 4 nitrogen and oxygen atoms in total. The lowest BCUT2D eigenvalue weighted by Gasteiger charge is -2.01. The van der Waals surface area contributed by atoms with E-state index < -0.39 is 5.97 Å². The maximum Gasteiger partial charge on any atom is 0.357 e. The first-order valence-electron chi connectivity index (χ1n) is 4.44. The fourth-order valence-corrected chi connectivity index (χ4v) is 2.57. The molecule has 0 atom stereocenters. The zero-order valence-corrected chi connectivity index (χ0v) is 10.6. The molecule has 17 heavy (non-hydrogen) atoms. The molecule has 0 saturated carbocycles. The van der Waals surface area contributed by atoms with Crippen LogP contribution in [0.25, 0.3) is 10.6 Å². The summed E-state index contributed by atoms with van der Waals surface area (Å²) in [7, 11) is 0. The van der Waals surface area contributed by atoms with E-state index in [1.807, 2.05) is 0 Å². The Morgan fingerprint density at radius 2 is 2.12 bits per heavy atom. The zero-order valence-electron chi connectivity index (χ0n) is 8.28. The molecule has 0 aliphatic heterocycles. The number of carbonyl (C=O) groups is 1. The van der Waals surface area contributed by atoms with Crippen LogP contribution in [0, 0.1) is 0 Å². The summed E-state index contributed by atoms with van der Waals surface area (Å²) in [6.45, 7) is 0. The zero-order chi connectivity index (χ0) is 12.6. The van der Waals surface area contributed by atoms with E-state index in [4.69, 9.17) is 34.0 Å². The van der Waals surface area contributed by atoms with Gasteiger partial charge in [-0.25, -0.2) is 9.78 Å². The van der Waals surface area contributed by atoms with Crippen molar-refractivity contribution >= 4 is 45.5 Å². The summed E-state index contributed by atoms with van der Waals surface area (Å²) >= 11 is 12.9. The van der Waals surface area contributed by atoms with Crippen molar-refractivity contribution in [1.29, 1.82) is 0 Å². The number of hydrogen-bond acceptors (Lipinski definition) is 4. The molecule has 0 bridgehead atoms. The molecule has 0 aliphatic rings. The van der Waals surface area contributed by atoms with Crippen molar-refractivity contribution in [2.75, 3.05) is 5.73 Å². The largest absolute Gasteiger partial charge is 0.476 e. The number of halogens is 2. The number of nitrogens with zero attached hydrogens (tertiary/aromatic N) is 1. The van der Waals surface area contributed by atoms with Crippen LogP contribution >= 0.6 is 34.5 Å². The van der Waals surface area contributed by atoms with Gasteiger partial charge in [0.1, 0.15) is 10.0 Å². The Balaban J connectivity index is 2.58. The monoisotopic (exact) mass is 288 g/mol. The molecule has 3 N–H and O–H groups in total. The van der Waals surface area contributed by atoms with Crippen molar-refractivity contribution in [1.82, 2.24) is 4.98 Å². The Hall–Kier alpha value is -1.30. The second kappa shape index (κ2) is 4.52. The number of nitrogen functional groups attached to an aromatic ring is 1. The molecule has 0 spiro atoms. The molecule has 0 saturated heterocycles. The highest BCUT2D eigenvalue weighted by Crippen LogP contribution is 2.37. The van der Waals surface area contributed by atoms with E-state index in [-0.39, 0.29) is 10.7 Å². The third-order valence-electron chi connectivity index (χ3n) is 2.04. The smallest absolute Gasteiger partial charge is 0.357 e. The first kappa shape index (κ1) is 12.2. The Morgan fingerprint density at radius 3 is 2.71 bits per heavy atom. The number of nitrogens with two attached hydrogens (primary N) is 1. The number of anilines is 1. The molecule has 0 unspecified atom stereocenters. The van der Waals surface area contributed by atoms with Gasteiger partial charge in [0.05, 0.1) is 10.0 Å². The average molecular weight is 289 g/mol. The van der Waals surface area contributed by atoms with Gasteiger partial charge in [0.15, 0.2) is 5.69 Å². The van der Waals surface area contributed by atoms with Crippen molar-refractivity contribution in [3.63, 3.8) is 0 Å². The lowest BCUT2D eigenvalue weighted by molar-refractivity contribution is 0.0692. The van der Waals surface area contributed by atoms with E-state index in [1.54, 1.807) is 18.2 Å². The highest BCUT2D eigenvalue weighted by atomic mass is 35.5. The van der Waals surface area contributed by atoms with E-state index in [0.717, 1.165) is 11.3 Å². The molecule has 0 radical (unpaired) electrons. The maximum absolute atomic E-state index is 10.8. The van der Waals surface area contributed by atoms with Crippen LogP contribution in [0.1, 0.15) is 10.5 Å². The van der Waals surface area contributed by atoms with Gasteiger partial charge in [0.2, 0.25) is 0 Å². The third-order valence-corrected chi connectivity index (χ3v) is 3.77. The van der Waals surface area contributed by atoms with Crippen LogP contribution in [-0.2, 0) is 0 Å². The van der Waals surface area contributed by atoms with Gasteiger partial charge in [-0.2, -0.15) is 0 Å². The average Bonchev–Trinajstić information content (AvgIpc) is 2.64. The molecule has 0 aliphatic carbocycles. The van der Waals surface area contributed by atoms with Gasteiger partial charge in [-0.3, -0.25) is 0 Å². The molecule has 0 fully saturated rings. The van der Waals surface area contributed by atoms with Crippen molar-refractivity contribution in [3.05, 3.63) is 33.9 Å². The van der Waals surface area contributed by atoms with Gasteiger partial charge in [-0.1, -0.05) is 46.7 Å². The van der Waals surface area contributed by atoms with Gasteiger partial charge in [0.25, 0.3) is 0 Å². The molecule has 1 aromatic heterocycles. The van der Waals surface area contributed by atoms with E-state index in [1.165, 1.54) is 0 Å². The van der Waals surface area contributed by atoms with Crippen LogP contribution in [0.4, 0.5) is 5.00 Å². The Bertz CT molecular complexity index is 598. The minimum atomic E-state index is -1.16. The molecule has 2 rings (SSSR count). The van der Waals surface area contributed by atoms with Gasteiger partial charge >= 0.3 is 5.97 Å². The van der Waals surface area contributed by atoms with Gasteiger partial charge in [-0.05, 0) is 6.07 Å². The van der Waals surface area contributed by atoms with Gasteiger partial charge in [0, 0.05) is 5.56 Å². The summed E-state index contributed by atoms with van der Waals surface area (Å²) < 4.78 is 0. The van der Waals surface area contributed by atoms with Crippen LogP contribution in [0.2, 0.25) is 10.0 Å². The summed E-state index contributed by atoms with van der Waals surface area (Å²) in [4.78, 5) is 14.8. The quantitative estimate of drug-likeness (QED) is 0.888. The minimum Gasteiger partial charge on any atom is -0.476 e. The first-order valence-corrected chi connectivity index (χ1v) is 6.02. The molecule has 1 aromatic carbocycles. The predicted octanol–water partition coefficient (Wildman–Crippen LogP) is 3.40. The summed E-state index contributed by atoms with van der Waals surface area (Å²) in [5, 5.41) is 10.2. The van der Waals surface area contributed by atoms with E-state index >= 15 is 0 Å². The summed E-state index contributed by atoms with van der Waals surface area (Å²) in [5.41, 5.74) is 5.97. The summed E-state index contributed by atoms with van der Waals surface area (Å²) in [6.07, 6.45) is 0. The Labute approximate surface area is 111 Å². The number of carboxylic acids is 1. The van der Waals surface area contributed by atoms with E-state index in [2.05, 4.69) is 4.98 Å². The molecule has 1 heterocycles. The van der Waals surface area contributed by atoms with Crippen molar-refractivity contribution < 1.29 is 9.90 Å². The second-order valence-electron chi connectivity index (χ2n) is 3.14. The minimum absolute atomic E-state index is 0.142. The Kier molecular flexibility index (Phi) is 3.24. The number of aromatic carboxylic acids is 1. The molecule has 2 aromatic rings. The van der Waals surface area contributed by atoms with Crippen LogP contribution in [-0.4, -0.2) is 16.1 Å². The third kappa shape index (κ3) is 2.22. The molecular weight excluding hydrogens is 283 g/mol. The highest BCUT2D eigenvalue weighted by Gasteiger charge is 2.18. The molecular formula is C10H6Cl2N2O2S. The number of rotatable bonds is 2. The standard InChI is InChI=1S/C10H6Cl2N2O2S/c11-5-3-1-2-4(6(5)12)9-14-7(10(15)16)8(13)17-9/h1-3H,13H2,(H,15,16). The summed E-state index contributed by atoms with van der Waals surface area (Å²) in [5.74, 6) is -1.16. The van der Waals surface area contributed by atoms with Crippen molar-refractivity contribution in [3.8, 4) is 10.6 Å². The van der Waals surface area contributed by atoms with Gasteiger partial charge in [-0.15, -0.1) is 0 Å². The topological polar surface area (TPSA) is 76.2 Å². The molecule has 0 amide bonds. The summed E-state index contributed by atoms with van der Waals surface area (Å²) in [6, 6.07) is 5.06. The van der Waals surface area contributed by atoms with Crippen LogP contribution < -0.4 is 5.73 Å². The normalized spacial score (nSPS) is 10.5. The number of aromatic nitrogens is 1. The molecule has 7 heteroatoms. The van der Waals surface area contributed by atoms with Crippen LogP contribution in [0.3, 0.4) is 0 Å². The van der Waals surface area contributed by atoms with Crippen molar-refractivity contribution in [2.45, 2.75) is 0 Å². The number of carboxylic acid groups (broad SMARTS) is 1. The Morgan fingerprint density at radius 1 is 1.41 bits per heavy atom. The predicted molar refractivity (Wildman–Crippen MR) is 68.9 cm³/mol. The fourth-order valence-electron chi connectivity index (χ4n) is 1.27. The van der Waals surface area contributed by atoms with Crippen molar-refractivity contribution in [2.24, 2.45) is 0 Å². The van der Waals surface area contributed by atoms with Gasteiger partial charge < -0.3 is 10.8 Å². The number of hydrogen-bond donors (Lipinski definition) is 2. The number of thiazole rings is 1. The van der Waals surface area contributed by atoms with Crippen LogP contribution in [0.15, 0.2) is 18.2 Å². The van der Waals surface area contributed by atoms with E-state index in [0.29, 0.717) is 20.6 Å². The van der Waals surface area contributed by atoms with Crippen LogP contribution in [0.5, 0.6) is 0 Å².